The third-order valence-electron chi connectivity index (χ3n) is 3.47. The van der Waals surface area contributed by atoms with Gasteiger partial charge in [0.2, 0.25) is 0 Å². The summed E-state index contributed by atoms with van der Waals surface area (Å²) in [6, 6.07) is 0. The van der Waals surface area contributed by atoms with Crippen LogP contribution in [0.1, 0.15) is 23.2 Å². The van der Waals surface area contributed by atoms with Crippen molar-refractivity contribution in [2.24, 2.45) is 11.1 Å². The highest BCUT2D eigenvalue weighted by Crippen LogP contribution is 2.37. The van der Waals surface area contributed by atoms with Gasteiger partial charge in [-0.25, -0.2) is 4.57 Å². The van der Waals surface area contributed by atoms with Gasteiger partial charge in [0, 0.05) is 29.8 Å². The number of aromatic hydroxyl groups is 1. The lowest BCUT2D eigenvalue weighted by Gasteiger charge is -2.10. The number of hydrogen-bond donors (Lipinski definition) is 4. The first-order valence-electron chi connectivity index (χ1n) is 7.10. The number of pyridine rings is 1. The molecule has 2 heterocycles. The van der Waals surface area contributed by atoms with E-state index in [1.165, 1.54) is 12.4 Å². The van der Waals surface area contributed by atoms with Gasteiger partial charge >= 0.3 is 7.82 Å². The minimum absolute atomic E-state index is 0.133. The monoisotopic (exact) mass is 345 g/mol. The molecule has 1 aromatic heterocycles. The Morgan fingerprint density at radius 2 is 2.35 bits per heavy atom. The Hall–Kier alpha value is -1.51. The molecular weight excluding hydrogens is 325 g/mol. The normalized spacial score (nSPS) is 18.7. The number of phosphoric ester groups is 1. The minimum atomic E-state index is -4.62. The van der Waals surface area contributed by atoms with Crippen molar-refractivity contribution in [2.45, 2.75) is 20.0 Å². The molecule has 1 aliphatic rings. The number of aryl methyl sites for hydroxylation is 1. The number of hydrogen-bond acceptors (Lipinski definition) is 7. The van der Waals surface area contributed by atoms with Crippen LogP contribution < -0.4 is 5.32 Å². The molecule has 4 N–H and O–H groups in total. The van der Waals surface area contributed by atoms with Gasteiger partial charge in [-0.3, -0.25) is 9.51 Å². The van der Waals surface area contributed by atoms with E-state index in [9.17, 15) is 9.67 Å². The van der Waals surface area contributed by atoms with Crippen LogP contribution in [0.25, 0.3) is 0 Å². The first-order chi connectivity index (χ1) is 10.9. The molecule has 0 saturated carbocycles. The Balaban J connectivity index is 2.04. The van der Waals surface area contributed by atoms with Crippen LogP contribution in [0.5, 0.6) is 5.75 Å². The second-order valence-electron chi connectivity index (χ2n) is 5.28. The third kappa shape index (κ3) is 5.56. The van der Waals surface area contributed by atoms with Crippen LogP contribution in [0.4, 0.5) is 0 Å². The molecule has 1 aliphatic heterocycles. The van der Waals surface area contributed by atoms with Crippen molar-refractivity contribution >= 4 is 14.0 Å². The molecule has 2 rings (SSSR count). The van der Waals surface area contributed by atoms with Crippen LogP contribution in [0.15, 0.2) is 11.4 Å². The van der Waals surface area contributed by atoms with Gasteiger partial charge in [-0.05, 0) is 19.9 Å². The van der Waals surface area contributed by atoms with Crippen LogP contribution in [-0.2, 0) is 20.5 Å². The van der Waals surface area contributed by atoms with Gasteiger partial charge in [0.15, 0.2) is 0 Å². The number of aromatic nitrogens is 1. The van der Waals surface area contributed by atoms with Crippen molar-refractivity contribution in [1.82, 2.24) is 10.3 Å². The lowest BCUT2D eigenvalue weighted by atomic mass is 10.1. The Kier molecular flexibility index (Phi) is 6.09. The smallest absolute Gasteiger partial charge is 0.469 e. The summed E-state index contributed by atoms with van der Waals surface area (Å²) in [5, 5.41) is 17.1. The molecular formula is C13H20N3O6P. The second-order valence-corrected chi connectivity index (χ2v) is 6.52. The molecule has 10 heteroatoms. The van der Waals surface area contributed by atoms with E-state index >= 15 is 0 Å². The van der Waals surface area contributed by atoms with Crippen molar-refractivity contribution in [3.8, 4) is 5.75 Å². The number of oxime groups is 1. The summed E-state index contributed by atoms with van der Waals surface area (Å²) < 4.78 is 15.2. The SMILES string of the molecule is Cc1ncc(COP(=O)(O)O)c(/C=N/OC[C@H]2CCNC2)c1O. The molecule has 0 bridgehead atoms. The summed E-state index contributed by atoms with van der Waals surface area (Å²) in [5.41, 5.74) is 0.924. The van der Waals surface area contributed by atoms with Crippen molar-refractivity contribution < 1.29 is 28.8 Å². The highest BCUT2D eigenvalue weighted by molar-refractivity contribution is 7.46. The zero-order valence-electron chi connectivity index (χ0n) is 12.7. The van der Waals surface area contributed by atoms with E-state index in [2.05, 4.69) is 20.0 Å². The van der Waals surface area contributed by atoms with Gasteiger partial charge in [-0.15, -0.1) is 0 Å². The Bertz CT molecular complexity index is 612. The molecule has 0 spiro atoms. The highest BCUT2D eigenvalue weighted by Gasteiger charge is 2.18. The average Bonchev–Trinajstić information content (AvgIpc) is 2.99. The lowest BCUT2D eigenvalue weighted by molar-refractivity contribution is 0.114. The molecule has 128 valence electrons. The predicted octanol–water partition coefficient (Wildman–Crippen LogP) is 0.665. The number of rotatable bonds is 7. The van der Waals surface area contributed by atoms with Gasteiger partial charge in [-0.1, -0.05) is 5.16 Å². The molecule has 1 fully saturated rings. The van der Waals surface area contributed by atoms with Crippen LogP contribution in [0.2, 0.25) is 0 Å². The van der Waals surface area contributed by atoms with Crippen LogP contribution >= 0.6 is 7.82 Å². The maximum atomic E-state index is 10.8. The molecule has 0 amide bonds. The summed E-state index contributed by atoms with van der Waals surface area (Å²) >= 11 is 0. The summed E-state index contributed by atoms with van der Waals surface area (Å²) in [7, 11) is -4.62. The lowest BCUT2D eigenvalue weighted by Crippen LogP contribution is -2.12. The maximum absolute atomic E-state index is 10.8. The van der Waals surface area contributed by atoms with Gasteiger partial charge in [0.05, 0.1) is 18.5 Å². The second kappa shape index (κ2) is 7.85. The van der Waals surface area contributed by atoms with Crippen molar-refractivity contribution in [2.75, 3.05) is 19.7 Å². The topological polar surface area (TPSA) is 134 Å². The van der Waals surface area contributed by atoms with Gasteiger partial charge in [0.1, 0.15) is 12.4 Å². The first kappa shape index (κ1) is 17.8. The molecule has 1 atom stereocenters. The summed E-state index contributed by atoms with van der Waals surface area (Å²) in [5.74, 6) is 0.268. The summed E-state index contributed by atoms with van der Waals surface area (Å²) in [6.07, 6.45) is 3.69. The third-order valence-corrected chi connectivity index (χ3v) is 3.94. The van der Waals surface area contributed by atoms with E-state index in [1.54, 1.807) is 6.92 Å². The predicted molar refractivity (Wildman–Crippen MR) is 82.0 cm³/mol. The van der Waals surface area contributed by atoms with E-state index in [-0.39, 0.29) is 11.3 Å². The molecule has 0 aliphatic carbocycles. The van der Waals surface area contributed by atoms with E-state index in [0.717, 1.165) is 19.5 Å². The number of phosphoric acid groups is 1. The molecule has 23 heavy (non-hydrogen) atoms. The number of nitrogens with zero attached hydrogens (tertiary/aromatic N) is 2. The fourth-order valence-electron chi connectivity index (χ4n) is 2.16. The molecule has 0 aromatic carbocycles. The largest absolute Gasteiger partial charge is 0.505 e. The number of nitrogens with one attached hydrogen (secondary N) is 1. The maximum Gasteiger partial charge on any atom is 0.469 e. The van der Waals surface area contributed by atoms with Crippen molar-refractivity contribution in [3.63, 3.8) is 0 Å². The quantitative estimate of drug-likeness (QED) is 0.322. The fourth-order valence-corrected chi connectivity index (χ4v) is 2.47. The van der Waals surface area contributed by atoms with Crippen LogP contribution in [0, 0.1) is 12.8 Å². The molecule has 1 saturated heterocycles. The molecule has 0 unspecified atom stereocenters. The molecule has 0 radical (unpaired) electrons. The Morgan fingerprint density at radius 3 is 3.00 bits per heavy atom. The minimum Gasteiger partial charge on any atom is -0.505 e. The van der Waals surface area contributed by atoms with E-state index in [1.807, 2.05) is 0 Å². The fraction of sp³-hybridized carbons (Fsp3) is 0.538. The van der Waals surface area contributed by atoms with Crippen molar-refractivity contribution in [3.05, 3.63) is 23.0 Å². The Morgan fingerprint density at radius 1 is 1.57 bits per heavy atom. The highest BCUT2D eigenvalue weighted by atomic mass is 31.2. The van der Waals surface area contributed by atoms with E-state index in [4.69, 9.17) is 14.6 Å². The van der Waals surface area contributed by atoms with Crippen molar-refractivity contribution in [1.29, 1.82) is 0 Å². The van der Waals surface area contributed by atoms with Crippen LogP contribution in [0.3, 0.4) is 0 Å². The van der Waals surface area contributed by atoms with Gasteiger partial charge in [0.25, 0.3) is 0 Å². The average molecular weight is 345 g/mol. The summed E-state index contributed by atoms with van der Waals surface area (Å²) in [6.45, 7) is 3.51. The van der Waals surface area contributed by atoms with E-state index < -0.39 is 14.4 Å². The first-order valence-corrected chi connectivity index (χ1v) is 8.63. The standard InChI is InChI=1S/C13H20N3O6P/c1-9-13(17)12(6-16-21-7-10-2-3-14-4-10)11(5-15-9)8-22-23(18,19)20/h5-6,10,14,17H,2-4,7-8H2,1H3,(H2,18,19,20)/b16-6+/t10-/m0/s1. The zero-order valence-corrected chi connectivity index (χ0v) is 13.6. The van der Waals surface area contributed by atoms with Gasteiger partial charge < -0.3 is 25.0 Å². The molecule has 9 nitrogen and oxygen atoms in total. The molecule has 1 aromatic rings. The van der Waals surface area contributed by atoms with E-state index in [0.29, 0.717) is 23.8 Å². The zero-order chi connectivity index (χ0) is 16.9. The summed E-state index contributed by atoms with van der Waals surface area (Å²) in [4.78, 5) is 26.7. The Labute approximate surface area is 133 Å². The van der Waals surface area contributed by atoms with Crippen LogP contribution in [-0.4, -0.2) is 45.8 Å². The van der Waals surface area contributed by atoms with Gasteiger partial charge in [-0.2, -0.15) is 0 Å².